The Labute approximate surface area is 100 Å². The van der Waals surface area contributed by atoms with E-state index in [2.05, 4.69) is 47.7 Å². The van der Waals surface area contributed by atoms with Crippen molar-refractivity contribution in [2.75, 3.05) is 7.05 Å². The topological polar surface area (TPSA) is 24.9 Å². The van der Waals surface area contributed by atoms with Crippen molar-refractivity contribution in [1.82, 2.24) is 10.3 Å². The number of thiazole rings is 1. The molecular weight excluding hydrogens is 216 g/mol. The zero-order chi connectivity index (χ0) is 11.5. The van der Waals surface area contributed by atoms with E-state index in [0.29, 0.717) is 0 Å². The van der Waals surface area contributed by atoms with Gasteiger partial charge in [-0.1, -0.05) is 12.1 Å². The van der Waals surface area contributed by atoms with Gasteiger partial charge in [-0.3, -0.25) is 0 Å². The molecule has 2 rings (SSSR count). The quantitative estimate of drug-likeness (QED) is 0.879. The second-order valence-electron chi connectivity index (χ2n) is 3.97. The van der Waals surface area contributed by atoms with Crippen molar-refractivity contribution in [3.05, 3.63) is 40.4 Å². The van der Waals surface area contributed by atoms with E-state index in [1.165, 1.54) is 16.7 Å². The molecule has 84 valence electrons. The highest BCUT2D eigenvalue weighted by molar-refractivity contribution is 7.13. The summed E-state index contributed by atoms with van der Waals surface area (Å²) < 4.78 is 0. The second-order valence-corrected chi connectivity index (χ2v) is 4.83. The van der Waals surface area contributed by atoms with Crippen molar-refractivity contribution in [3.8, 4) is 10.6 Å². The summed E-state index contributed by atoms with van der Waals surface area (Å²) in [5.41, 5.74) is 4.98. The smallest absolute Gasteiger partial charge is 0.123 e. The number of hydrogen-bond donors (Lipinski definition) is 1. The van der Waals surface area contributed by atoms with Gasteiger partial charge in [0.05, 0.1) is 5.69 Å². The molecule has 0 saturated heterocycles. The molecule has 0 saturated carbocycles. The Bertz CT molecular complexity index is 488. The molecule has 0 bridgehead atoms. The fourth-order valence-corrected chi connectivity index (χ4v) is 2.39. The van der Waals surface area contributed by atoms with Gasteiger partial charge in [0, 0.05) is 17.5 Å². The average Bonchev–Trinajstić information content (AvgIpc) is 2.71. The number of hydrogen-bond acceptors (Lipinski definition) is 3. The number of aromatic nitrogens is 1. The minimum atomic E-state index is 0.835. The first-order valence-corrected chi connectivity index (χ1v) is 6.25. The third-order valence-electron chi connectivity index (χ3n) is 2.66. The lowest BCUT2D eigenvalue weighted by atomic mass is 10.1. The molecule has 1 aromatic carbocycles. The molecule has 0 aliphatic carbocycles. The molecule has 3 heteroatoms. The summed E-state index contributed by atoms with van der Waals surface area (Å²) in [5.74, 6) is 0. The number of rotatable bonds is 3. The van der Waals surface area contributed by atoms with Crippen LogP contribution >= 0.6 is 11.3 Å². The molecule has 1 heterocycles. The Morgan fingerprint density at radius 3 is 2.75 bits per heavy atom. The standard InChI is InChI=1S/C13H16N2S/c1-9-4-5-11(6-10(9)2)13-15-12(7-14-3)8-16-13/h4-6,8,14H,7H2,1-3H3. The van der Waals surface area contributed by atoms with Crippen molar-refractivity contribution in [2.45, 2.75) is 20.4 Å². The van der Waals surface area contributed by atoms with Gasteiger partial charge < -0.3 is 5.32 Å². The highest BCUT2D eigenvalue weighted by Gasteiger charge is 2.05. The normalized spacial score (nSPS) is 10.7. The minimum absolute atomic E-state index is 0.835. The molecule has 0 atom stereocenters. The van der Waals surface area contributed by atoms with Crippen LogP contribution in [0.2, 0.25) is 0 Å². The van der Waals surface area contributed by atoms with Crippen LogP contribution in [0.1, 0.15) is 16.8 Å². The predicted molar refractivity (Wildman–Crippen MR) is 69.8 cm³/mol. The zero-order valence-corrected chi connectivity index (χ0v) is 10.7. The fraction of sp³-hybridized carbons (Fsp3) is 0.308. The van der Waals surface area contributed by atoms with E-state index in [9.17, 15) is 0 Å². The van der Waals surface area contributed by atoms with Crippen molar-refractivity contribution in [3.63, 3.8) is 0 Å². The molecule has 1 aromatic heterocycles. The lowest BCUT2D eigenvalue weighted by Gasteiger charge is -2.02. The monoisotopic (exact) mass is 232 g/mol. The van der Waals surface area contributed by atoms with Crippen molar-refractivity contribution >= 4 is 11.3 Å². The number of nitrogens with one attached hydrogen (secondary N) is 1. The van der Waals surface area contributed by atoms with E-state index in [-0.39, 0.29) is 0 Å². The maximum Gasteiger partial charge on any atom is 0.123 e. The van der Waals surface area contributed by atoms with Gasteiger partial charge in [0.2, 0.25) is 0 Å². The van der Waals surface area contributed by atoms with Crippen LogP contribution < -0.4 is 5.32 Å². The lowest BCUT2D eigenvalue weighted by Crippen LogP contribution is -2.04. The first kappa shape index (κ1) is 11.3. The van der Waals surface area contributed by atoms with Crippen LogP contribution in [0.4, 0.5) is 0 Å². The van der Waals surface area contributed by atoms with Crippen LogP contribution in [0.3, 0.4) is 0 Å². The summed E-state index contributed by atoms with van der Waals surface area (Å²) in [6.07, 6.45) is 0. The van der Waals surface area contributed by atoms with E-state index in [0.717, 1.165) is 17.2 Å². The summed E-state index contributed by atoms with van der Waals surface area (Å²) >= 11 is 1.71. The second kappa shape index (κ2) is 4.76. The summed E-state index contributed by atoms with van der Waals surface area (Å²) in [5, 5.41) is 6.33. The van der Waals surface area contributed by atoms with Crippen molar-refractivity contribution < 1.29 is 0 Å². The van der Waals surface area contributed by atoms with Gasteiger partial charge in [-0.25, -0.2) is 4.98 Å². The third kappa shape index (κ3) is 2.31. The highest BCUT2D eigenvalue weighted by atomic mass is 32.1. The van der Waals surface area contributed by atoms with Gasteiger partial charge >= 0.3 is 0 Å². The Balaban J connectivity index is 2.31. The largest absolute Gasteiger partial charge is 0.314 e. The third-order valence-corrected chi connectivity index (χ3v) is 3.60. The van der Waals surface area contributed by atoms with Gasteiger partial charge in [-0.15, -0.1) is 11.3 Å². The first-order valence-electron chi connectivity index (χ1n) is 5.37. The van der Waals surface area contributed by atoms with Crippen LogP contribution in [-0.2, 0) is 6.54 Å². The summed E-state index contributed by atoms with van der Waals surface area (Å²) in [6.45, 7) is 5.11. The Morgan fingerprint density at radius 2 is 2.06 bits per heavy atom. The molecule has 16 heavy (non-hydrogen) atoms. The van der Waals surface area contributed by atoms with Gasteiger partial charge in [0.15, 0.2) is 0 Å². The number of nitrogens with zero attached hydrogens (tertiary/aromatic N) is 1. The van der Waals surface area contributed by atoms with Crippen LogP contribution in [0.25, 0.3) is 10.6 Å². The summed E-state index contributed by atoms with van der Waals surface area (Å²) in [7, 11) is 1.94. The molecule has 0 unspecified atom stereocenters. The molecule has 0 spiro atoms. The molecule has 0 radical (unpaired) electrons. The number of aryl methyl sites for hydroxylation is 2. The van der Waals surface area contributed by atoms with Gasteiger partial charge in [0.1, 0.15) is 5.01 Å². The zero-order valence-electron chi connectivity index (χ0n) is 9.87. The predicted octanol–water partition coefficient (Wildman–Crippen LogP) is 3.15. The van der Waals surface area contributed by atoms with Gasteiger partial charge in [-0.05, 0) is 38.1 Å². The molecule has 0 fully saturated rings. The van der Waals surface area contributed by atoms with Crippen LogP contribution in [-0.4, -0.2) is 12.0 Å². The van der Waals surface area contributed by atoms with Crippen molar-refractivity contribution in [1.29, 1.82) is 0 Å². The minimum Gasteiger partial charge on any atom is -0.314 e. The van der Waals surface area contributed by atoms with E-state index in [1.807, 2.05) is 7.05 Å². The van der Waals surface area contributed by atoms with Crippen molar-refractivity contribution in [2.24, 2.45) is 0 Å². The van der Waals surface area contributed by atoms with Crippen LogP contribution in [0.15, 0.2) is 23.6 Å². The Kier molecular flexibility index (Phi) is 3.36. The van der Waals surface area contributed by atoms with Crippen LogP contribution in [0, 0.1) is 13.8 Å². The molecule has 0 aliphatic heterocycles. The van der Waals surface area contributed by atoms with Gasteiger partial charge in [-0.2, -0.15) is 0 Å². The molecule has 0 amide bonds. The van der Waals surface area contributed by atoms with Gasteiger partial charge in [0.25, 0.3) is 0 Å². The Morgan fingerprint density at radius 1 is 1.25 bits per heavy atom. The highest BCUT2D eigenvalue weighted by Crippen LogP contribution is 2.25. The van der Waals surface area contributed by atoms with E-state index in [4.69, 9.17) is 0 Å². The number of benzene rings is 1. The fourth-order valence-electron chi connectivity index (χ4n) is 1.58. The van der Waals surface area contributed by atoms with E-state index < -0.39 is 0 Å². The maximum absolute atomic E-state index is 4.60. The maximum atomic E-state index is 4.60. The summed E-state index contributed by atoms with van der Waals surface area (Å²) in [4.78, 5) is 4.60. The first-order chi connectivity index (χ1) is 7.70. The molecule has 0 aliphatic rings. The van der Waals surface area contributed by atoms with E-state index >= 15 is 0 Å². The molecular formula is C13H16N2S. The average molecular weight is 232 g/mol. The van der Waals surface area contributed by atoms with Crippen LogP contribution in [0.5, 0.6) is 0 Å². The SMILES string of the molecule is CNCc1csc(-c2ccc(C)c(C)c2)n1. The summed E-state index contributed by atoms with van der Waals surface area (Å²) in [6, 6.07) is 6.51. The lowest BCUT2D eigenvalue weighted by molar-refractivity contribution is 0.798. The molecule has 1 N–H and O–H groups in total. The van der Waals surface area contributed by atoms with E-state index in [1.54, 1.807) is 11.3 Å². The molecule has 2 aromatic rings. The Hall–Kier alpha value is -1.19. The molecule has 2 nitrogen and oxygen atoms in total.